The summed E-state index contributed by atoms with van der Waals surface area (Å²) in [5.41, 5.74) is 1.39. The Morgan fingerprint density at radius 1 is 0.913 bits per heavy atom. The molecule has 118 valence electrons. The molecule has 0 atom stereocenters. The van der Waals surface area contributed by atoms with Crippen molar-refractivity contribution in [3.05, 3.63) is 61.3 Å². The van der Waals surface area contributed by atoms with E-state index in [2.05, 4.69) is 9.69 Å². The molecule has 1 aromatic heterocycles. The van der Waals surface area contributed by atoms with Gasteiger partial charge in [-0.25, -0.2) is 0 Å². The number of hydrogen-bond donors (Lipinski definition) is 2. The number of anilines is 2. The fourth-order valence-corrected chi connectivity index (χ4v) is 3.07. The summed E-state index contributed by atoms with van der Waals surface area (Å²) in [6.07, 6.45) is 0. The lowest BCUT2D eigenvalue weighted by Gasteiger charge is -2.10. The summed E-state index contributed by atoms with van der Waals surface area (Å²) in [6.45, 7) is 0. The minimum absolute atomic E-state index is 0.242. The van der Waals surface area contributed by atoms with E-state index in [9.17, 15) is 0 Å². The highest BCUT2D eigenvalue weighted by Gasteiger charge is 2.11. The molecule has 0 radical (unpaired) electrons. The van der Waals surface area contributed by atoms with Gasteiger partial charge in [-0.15, -0.1) is 0 Å². The third kappa shape index (κ3) is 3.49. The molecule has 0 aliphatic carbocycles. The summed E-state index contributed by atoms with van der Waals surface area (Å²) < 4.78 is 5.87. The van der Waals surface area contributed by atoms with E-state index in [-0.39, 0.29) is 4.80 Å². The molecule has 0 saturated carbocycles. The lowest BCUT2D eigenvalue weighted by atomic mass is 10.3. The first-order valence-corrected chi connectivity index (χ1v) is 8.55. The van der Waals surface area contributed by atoms with Gasteiger partial charge < -0.3 is 5.32 Å². The van der Waals surface area contributed by atoms with Crippen molar-refractivity contribution >= 4 is 69.6 Å². The number of nitrogens with one attached hydrogen (secondary N) is 2. The minimum atomic E-state index is 0.242. The first-order chi connectivity index (χ1) is 11.0. The van der Waals surface area contributed by atoms with Crippen molar-refractivity contribution in [2.45, 2.75) is 0 Å². The van der Waals surface area contributed by atoms with Gasteiger partial charge in [-0.2, -0.15) is 4.37 Å². The summed E-state index contributed by atoms with van der Waals surface area (Å²) in [7, 11) is 0. The van der Waals surface area contributed by atoms with Crippen LogP contribution in [0.25, 0.3) is 5.69 Å². The van der Waals surface area contributed by atoms with E-state index in [0.29, 0.717) is 37.4 Å². The van der Waals surface area contributed by atoms with Crippen molar-refractivity contribution in [3.63, 3.8) is 0 Å². The van der Waals surface area contributed by atoms with Gasteiger partial charge >= 0.3 is 0 Å². The largest absolute Gasteiger partial charge is 0.324 e. The lowest BCUT2D eigenvalue weighted by molar-refractivity contribution is 0.973. The van der Waals surface area contributed by atoms with Crippen LogP contribution in [0.1, 0.15) is 0 Å². The smallest absolute Gasteiger partial charge is 0.225 e. The zero-order chi connectivity index (χ0) is 16.6. The summed E-state index contributed by atoms with van der Waals surface area (Å²) >= 11 is 25.0. The summed E-state index contributed by atoms with van der Waals surface area (Å²) in [5.74, 6) is 0.469. The molecule has 1 heterocycles. The third-order valence-corrected chi connectivity index (χ3v) is 5.07. The number of halogens is 4. The zero-order valence-electron chi connectivity index (χ0n) is 11.3. The summed E-state index contributed by atoms with van der Waals surface area (Å²) in [5, 5.41) is 12.9. The second kappa shape index (κ2) is 6.71. The van der Waals surface area contributed by atoms with E-state index in [4.69, 9.17) is 51.8 Å². The summed E-state index contributed by atoms with van der Waals surface area (Å²) in [4.78, 5) is 0.242. The van der Waals surface area contributed by atoms with Gasteiger partial charge in [0.05, 0.1) is 25.8 Å². The van der Waals surface area contributed by atoms with Gasteiger partial charge in [-0.05, 0) is 36.4 Å². The molecule has 0 fully saturated rings. The van der Waals surface area contributed by atoms with Gasteiger partial charge in [-0.3, -0.25) is 9.98 Å². The highest BCUT2D eigenvalue weighted by molar-refractivity contribution is 7.03. The van der Waals surface area contributed by atoms with E-state index < -0.39 is 0 Å². The first-order valence-electron chi connectivity index (χ1n) is 6.26. The third-order valence-electron chi connectivity index (χ3n) is 2.97. The average Bonchev–Trinajstić information content (AvgIpc) is 2.87. The van der Waals surface area contributed by atoms with Gasteiger partial charge in [0.1, 0.15) is 0 Å². The molecule has 0 aliphatic rings. The van der Waals surface area contributed by atoms with Crippen LogP contribution in [-0.2, 0) is 0 Å². The predicted octanol–water partition coefficient (Wildman–Crippen LogP) is 5.77. The van der Waals surface area contributed by atoms with Crippen molar-refractivity contribution < 1.29 is 0 Å². The van der Waals surface area contributed by atoms with Crippen molar-refractivity contribution in [2.75, 3.05) is 5.32 Å². The monoisotopic (exact) mass is 404 g/mol. The standard InChI is InChI=1S/C14H8Cl4N4S/c15-9-3-1-7(5-11(9)17)20-14-21-23-13(19)22(14)8-2-4-10(16)12(18)6-8/h1-6,19H,(H,20,21). The molecule has 9 heteroatoms. The lowest BCUT2D eigenvalue weighted by Crippen LogP contribution is -2.13. The summed E-state index contributed by atoms with van der Waals surface area (Å²) in [6, 6.07) is 10.3. The minimum Gasteiger partial charge on any atom is -0.324 e. The van der Waals surface area contributed by atoms with Crippen LogP contribution >= 0.6 is 57.9 Å². The average molecular weight is 406 g/mol. The zero-order valence-corrected chi connectivity index (χ0v) is 15.1. The molecule has 0 spiro atoms. The van der Waals surface area contributed by atoms with Crippen LogP contribution in [0, 0.1) is 5.41 Å². The molecular formula is C14H8Cl4N4S. The van der Waals surface area contributed by atoms with Crippen LogP contribution in [0.4, 0.5) is 11.6 Å². The van der Waals surface area contributed by atoms with Gasteiger partial charge in [0.15, 0.2) is 0 Å². The Bertz CT molecular complexity index is 935. The van der Waals surface area contributed by atoms with E-state index in [1.807, 2.05) is 0 Å². The van der Waals surface area contributed by atoms with E-state index in [1.54, 1.807) is 41.0 Å². The molecule has 0 unspecified atom stereocenters. The van der Waals surface area contributed by atoms with Crippen LogP contribution < -0.4 is 10.1 Å². The maximum absolute atomic E-state index is 8.05. The van der Waals surface area contributed by atoms with Gasteiger partial charge in [-0.1, -0.05) is 46.4 Å². The van der Waals surface area contributed by atoms with Crippen molar-refractivity contribution in [2.24, 2.45) is 0 Å². The molecule has 0 aliphatic heterocycles. The van der Waals surface area contributed by atoms with Crippen LogP contribution in [0.5, 0.6) is 0 Å². The van der Waals surface area contributed by atoms with Crippen molar-refractivity contribution in [3.8, 4) is 5.69 Å². The molecular weight excluding hydrogens is 398 g/mol. The van der Waals surface area contributed by atoms with Crippen LogP contribution in [0.15, 0.2) is 36.4 Å². The van der Waals surface area contributed by atoms with E-state index >= 15 is 0 Å². The van der Waals surface area contributed by atoms with Gasteiger partial charge in [0.25, 0.3) is 0 Å². The quantitative estimate of drug-likeness (QED) is 0.580. The van der Waals surface area contributed by atoms with Crippen LogP contribution in [-0.4, -0.2) is 8.94 Å². The van der Waals surface area contributed by atoms with E-state index in [0.717, 1.165) is 11.5 Å². The number of nitrogens with zero attached hydrogens (tertiary/aromatic N) is 2. The van der Waals surface area contributed by atoms with Gasteiger partial charge in [0, 0.05) is 17.2 Å². The fourth-order valence-electron chi connectivity index (χ4n) is 1.91. The molecule has 2 N–H and O–H groups in total. The number of benzene rings is 2. The molecule has 23 heavy (non-hydrogen) atoms. The highest BCUT2D eigenvalue weighted by Crippen LogP contribution is 2.28. The number of aromatic nitrogens is 2. The molecule has 4 nitrogen and oxygen atoms in total. The molecule has 2 aromatic carbocycles. The molecule has 3 aromatic rings. The topological polar surface area (TPSA) is 53.7 Å². The maximum atomic E-state index is 8.05. The number of rotatable bonds is 3. The fraction of sp³-hybridized carbons (Fsp3) is 0. The Hall–Kier alpha value is -1.24. The molecule has 0 amide bonds. The van der Waals surface area contributed by atoms with E-state index in [1.165, 1.54) is 0 Å². The molecule has 0 saturated heterocycles. The molecule has 3 rings (SSSR count). The Labute approximate surface area is 155 Å². The normalized spacial score (nSPS) is 10.8. The Kier molecular flexibility index (Phi) is 4.85. The van der Waals surface area contributed by atoms with Crippen LogP contribution in [0.2, 0.25) is 20.1 Å². The van der Waals surface area contributed by atoms with Crippen molar-refractivity contribution in [1.29, 1.82) is 5.41 Å². The molecule has 0 bridgehead atoms. The highest BCUT2D eigenvalue weighted by atomic mass is 35.5. The van der Waals surface area contributed by atoms with Crippen molar-refractivity contribution in [1.82, 2.24) is 8.94 Å². The second-order valence-electron chi connectivity index (χ2n) is 4.50. The SMILES string of the molecule is N=c1snc(Nc2ccc(Cl)c(Cl)c2)n1-c1ccc(Cl)c(Cl)c1. The Morgan fingerprint density at radius 2 is 1.57 bits per heavy atom. The van der Waals surface area contributed by atoms with Crippen LogP contribution in [0.3, 0.4) is 0 Å². The second-order valence-corrected chi connectivity index (χ2v) is 6.88. The Balaban J connectivity index is 2.03. The predicted molar refractivity (Wildman–Crippen MR) is 97.1 cm³/mol. The Morgan fingerprint density at radius 3 is 2.22 bits per heavy atom. The number of hydrogen-bond acceptors (Lipinski definition) is 4. The maximum Gasteiger partial charge on any atom is 0.225 e. The first kappa shape index (κ1) is 16.6. The van der Waals surface area contributed by atoms with Gasteiger partial charge in [0.2, 0.25) is 10.7 Å².